The predicted octanol–water partition coefficient (Wildman–Crippen LogP) is 0.175. The van der Waals surface area contributed by atoms with E-state index in [1.165, 1.54) is 12.1 Å². The molecule has 1 rings (SSSR count). The molecule has 0 saturated heterocycles. The van der Waals surface area contributed by atoms with Crippen molar-refractivity contribution in [1.82, 2.24) is 4.72 Å². The van der Waals surface area contributed by atoms with Crippen LogP contribution in [0.3, 0.4) is 0 Å². The minimum absolute atomic E-state index is 0.0561. The number of rotatable bonds is 5. The van der Waals surface area contributed by atoms with Crippen LogP contribution in [-0.2, 0) is 10.0 Å². The van der Waals surface area contributed by atoms with E-state index in [4.69, 9.17) is 10.8 Å². The average Bonchev–Trinajstić information content (AvgIpc) is 2.26. The van der Waals surface area contributed by atoms with Gasteiger partial charge in [0.15, 0.2) is 0 Å². The topological polar surface area (TPSA) is 92.4 Å². The van der Waals surface area contributed by atoms with Crippen molar-refractivity contribution in [2.45, 2.75) is 11.8 Å². The molecule has 0 fully saturated rings. The first-order chi connectivity index (χ1) is 7.45. The Hall–Kier alpha value is -1.11. The number of hydrogen-bond donors (Lipinski definition) is 3. The first-order valence-corrected chi connectivity index (χ1v) is 6.40. The molecule has 1 aromatic carbocycles. The maximum atomic E-state index is 11.8. The van der Waals surface area contributed by atoms with Crippen LogP contribution in [0.15, 0.2) is 29.2 Å². The maximum absolute atomic E-state index is 11.8. The monoisotopic (exact) mass is 244 g/mol. The zero-order chi connectivity index (χ0) is 12.2. The summed E-state index contributed by atoms with van der Waals surface area (Å²) in [7, 11) is -3.53. The minimum atomic E-state index is -3.53. The van der Waals surface area contributed by atoms with E-state index in [1.54, 1.807) is 19.1 Å². The zero-order valence-corrected chi connectivity index (χ0v) is 9.87. The van der Waals surface area contributed by atoms with Crippen LogP contribution < -0.4 is 10.5 Å². The molecule has 0 saturated carbocycles. The molecule has 6 heteroatoms. The number of sulfonamides is 1. The van der Waals surface area contributed by atoms with Gasteiger partial charge in [-0.05, 0) is 24.1 Å². The molecule has 0 spiro atoms. The SMILES string of the molecule is CC(CO)CNS(=O)(=O)c1cccc(N)c1. The Balaban J connectivity index is 2.78. The number of aliphatic hydroxyl groups is 1. The molecule has 1 atom stereocenters. The van der Waals surface area contributed by atoms with E-state index in [0.717, 1.165) is 0 Å². The fourth-order valence-corrected chi connectivity index (χ4v) is 2.30. The summed E-state index contributed by atoms with van der Waals surface area (Å²) >= 11 is 0. The first-order valence-electron chi connectivity index (χ1n) is 4.92. The van der Waals surface area contributed by atoms with Gasteiger partial charge in [0, 0.05) is 18.8 Å². The minimum Gasteiger partial charge on any atom is -0.399 e. The molecule has 1 unspecified atom stereocenters. The van der Waals surface area contributed by atoms with Crippen LogP contribution >= 0.6 is 0 Å². The van der Waals surface area contributed by atoms with Crippen molar-refractivity contribution >= 4 is 15.7 Å². The third kappa shape index (κ3) is 3.48. The van der Waals surface area contributed by atoms with Crippen LogP contribution in [0.25, 0.3) is 0 Å². The summed E-state index contributed by atoms with van der Waals surface area (Å²) in [5, 5.41) is 8.79. The van der Waals surface area contributed by atoms with Gasteiger partial charge in [0.1, 0.15) is 0 Å². The highest BCUT2D eigenvalue weighted by Gasteiger charge is 2.14. The summed E-state index contributed by atoms with van der Waals surface area (Å²) in [6.07, 6.45) is 0. The highest BCUT2D eigenvalue weighted by molar-refractivity contribution is 7.89. The van der Waals surface area contributed by atoms with Gasteiger partial charge in [-0.3, -0.25) is 0 Å². The summed E-state index contributed by atoms with van der Waals surface area (Å²) in [5.74, 6) is -0.115. The lowest BCUT2D eigenvalue weighted by atomic mass is 10.2. The largest absolute Gasteiger partial charge is 0.399 e. The smallest absolute Gasteiger partial charge is 0.240 e. The molecule has 0 bridgehead atoms. The number of nitrogen functional groups attached to an aromatic ring is 1. The lowest BCUT2D eigenvalue weighted by Crippen LogP contribution is -2.29. The van der Waals surface area contributed by atoms with Gasteiger partial charge < -0.3 is 10.8 Å². The second-order valence-corrected chi connectivity index (χ2v) is 5.48. The standard InChI is InChI=1S/C10H16N2O3S/c1-8(7-13)6-12-16(14,15)10-4-2-3-9(11)5-10/h2-5,8,12-13H,6-7,11H2,1H3. The van der Waals surface area contributed by atoms with Crippen LogP contribution in [0.2, 0.25) is 0 Å². The normalized spacial score (nSPS) is 13.6. The molecule has 0 radical (unpaired) electrons. The second-order valence-electron chi connectivity index (χ2n) is 3.71. The average molecular weight is 244 g/mol. The number of aliphatic hydroxyl groups excluding tert-OH is 1. The van der Waals surface area contributed by atoms with Crippen molar-refractivity contribution in [1.29, 1.82) is 0 Å². The zero-order valence-electron chi connectivity index (χ0n) is 9.05. The van der Waals surface area contributed by atoms with Gasteiger partial charge in [-0.15, -0.1) is 0 Å². The number of nitrogens with two attached hydrogens (primary N) is 1. The lowest BCUT2D eigenvalue weighted by Gasteiger charge is -2.10. The quantitative estimate of drug-likeness (QED) is 0.644. The molecule has 16 heavy (non-hydrogen) atoms. The van der Waals surface area contributed by atoms with Crippen LogP contribution in [0.5, 0.6) is 0 Å². The van der Waals surface area contributed by atoms with Gasteiger partial charge in [-0.25, -0.2) is 13.1 Å². The van der Waals surface area contributed by atoms with Crippen molar-refractivity contribution in [2.24, 2.45) is 5.92 Å². The molecule has 90 valence electrons. The highest BCUT2D eigenvalue weighted by atomic mass is 32.2. The van der Waals surface area contributed by atoms with Gasteiger partial charge in [0.2, 0.25) is 10.0 Å². The molecule has 0 aliphatic carbocycles. The van der Waals surface area contributed by atoms with Gasteiger partial charge in [-0.2, -0.15) is 0 Å². The summed E-state index contributed by atoms with van der Waals surface area (Å²) in [4.78, 5) is 0.137. The Labute approximate surface area is 95.3 Å². The summed E-state index contributed by atoms with van der Waals surface area (Å²) in [6.45, 7) is 1.90. The molecule has 0 aliphatic rings. The van der Waals surface area contributed by atoms with Crippen molar-refractivity contribution in [2.75, 3.05) is 18.9 Å². The molecule has 4 N–H and O–H groups in total. The number of anilines is 1. The van der Waals surface area contributed by atoms with Gasteiger partial charge >= 0.3 is 0 Å². The molecule has 0 aliphatic heterocycles. The van der Waals surface area contributed by atoms with E-state index in [-0.39, 0.29) is 24.0 Å². The van der Waals surface area contributed by atoms with Crippen LogP contribution in [0, 0.1) is 5.92 Å². The molecular formula is C10H16N2O3S. The highest BCUT2D eigenvalue weighted by Crippen LogP contribution is 2.12. The second kappa shape index (κ2) is 5.29. The fraction of sp³-hybridized carbons (Fsp3) is 0.400. The van der Waals surface area contributed by atoms with Crippen molar-refractivity contribution < 1.29 is 13.5 Å². The molecule has 0 heterocycles. The van der Waals surface area contributed by atoms with E-state index in [9.17, 15) is 8.42 Å². The van der Waals surface area contributed by atoms with Crippen molar-refractivity contribution in [3.8, 4) is 0 Å². The third-order valence-corrected chi connectivity index (χ3v) is 3.52. The van der Waals surface area contributed by atoms with Crippen LogP contribution in [0.4, 0.5) is 5.69 Å². The third-order valence-electron chi connectivity index (χ3n) is 2.10. The molecule has 0 aromatic heterocycles. The summed E-state index contributed by atoms with van der Waals surface area (Å²) in [6, 6.07) is 6.07. The van der Waals surface area contributed by atoms with Crippen LogP contribution in [-0.4, -0.2) is 26.7 Å². The van der Waals surface area contributed by atoms with Gasteiger partial charge in [0.25, 0.3) is 0 Å². The van der Waals surface area contributed by atoms with E-state index in [1.807, 2.05) is 0 Å². The van der Waals surface area contributed by atoms with Gasteiger partial charge in [-0.1, -0.05) is 13.0 Å². The van der Waals surface area contributed by atoms with Crippen molar-refractivity contribution in [3.63, 3.8) is 0 Å². The summed E-state index contributed by atoms with van der Waals surface area (Å²) in [5.41, 5.74) is 5.91. The predicted molar refractivity (Wildman–Crippen MR) is 62.3 cm³/mol. The van der Waals surface area contributed by atoms with E-state index >= 15 is 0 Å². The molecule has 1 aromatic rings. The van der Waals surface area contributed by atoms with Crippen LogP contribution in [0.1, 0.15) is 6.92 Å². The number of nitrogens with one attached hydrogen (secondary N) is 1. The van der Waals surface area contributed by atoms with E-state index in [2.05, 4.69) is 4.72 Å². The molecule has 5 nitrogen and oxygen atoms in total. The van der Waals surface area contributed by atoms with Crippen molar-refractivity contribution in [3.05, 3.63) is 24.3 Å². The Kier molecular flexibility index (Phi) is 4.28. The van der Waals surface area contributed by atoms with Gasteiger partial charge in [0.05, 0.1) is 4.90 Å². The Morgan fingerprint density at radius 1 is 1.50 bits per heavy atom. The first kappa shape index (κ1) is 13.0. The molecule has 0 amide bonds. The molecular weight excluding hydrogens is 228 g/mol. The fourth-order valence-electron chi connectivity index (χ4n) is 1.08. The number of hydrogen-bond acceptors (Lipinski definition) is 4. The van der Waals surface area contributed by atoms with E-state index in [0.29, 0.717) is 5.69 Å². The Bertz CT molecular complexity index is 445. The summed E-state index contributed by atoms with van der Waals surface area (Å²) < 4.78 is 25.9. The maximum Gasteiger partial charge on any atom is 0.240 e. The Morgan fingerprint density at radius 2 is 2.19 bits per heavy atom. The Morgan fingerprint density at radius 3 is 2.75 bits per heavy atom. The van der Waals surface area contributed by atoms with E-state index < -0.39 is 10.0 Å². The lowest BCUT2D eigenvalue weighted by molar-refractivity contribution is 0.238. The number of benzene rings is 1.